The molecular formula is C12H25N3O. The summed E-state index contributed by atoms with van der Waals surface area (Å²) >= 11 is 0. The van der Waals surface area contributed by atoms with Crippen molar-refractivity contribution in [1.82, 2.24) is 10.2 Å². The van der Waals surface area contributed by atoms with E-state index in [2.05, 4.69) is 17.1 Å². The Morgan fingerprint density at radius 2 is 2.00 bits per heavy atom. The molecule has 16 heavy (non-hydrogen) atoms. The Balaban J connectivity index is 2.15. The van der Waals surface area contributed by atoms with Crippen molar-refractivity contribution in [3.8, 4) is 0 Å². The Labute approximate surface area is 98.6 Å². The number of nitrogens with zero attached hydrogens (tertiary/aromatic N) is 1. The van der Waals surface area contributed by atoms with Crippen molar-refractivity contribution < 1.29 is 4.79 Å². The number of likely N-dealkylation sites (tertiary alicyclic amines) is 1. The summed E-state index contributed by atoms with van der Waals surface area (Å²) < 4.78 is 0. The summed E-state index contributed by atoms with van der Waals surface area (Å²) in [7, 11) is 0. The third kappa shape index (κ3) is 4.49. The first-order chi connectivity index (χ1) is 7.63. The Hall–Kier alpha value is -0.610. The summed E-state index contributed by atoms with van der Waals surface area (Å²) in [4.78, 5) is 14.0. The van der Waals surface area contributed by atoms with E-state index in [0.717, 1.165) is 6.54 Å². The highest BCUT2D eigenvalue weighted by Gasteiger charge is 2.18. The van der Waals surface area contributed by atoms with Crippen LogP contribution in [0, 0.1) is 5.92 Å². The Morgan fingerprint density at radius 1 is 1.38 bits per heavy atom. The molecule has 0 bridgehead atoms. The van der Waals surface area contributed by atoms with E-state index in [1.807, 2.05) is 6.92 Å². The smallest absolute Gasteiger partial charge is 0.220 e. The fraction of sp³-hybridized carbons (Fsp3) is 0.917. The van der Waals surface area contributed by atoms with Gasteiger partial charge in [-0.3, -0.25) is 9.69 Å². The van der Waals surface area contributed by atoms with Crippen LogP contribution in [-0.4, -0.2) is 43.0 Å². The van der Waals surface area contributed by atoms with Crippen molar-refractivity contribution >= 4 is 5.91 Å². The number of hydrogen-bond acceptors (Lipinski definition) is 3. The van der Waals surface area contributed by atoms with Crippen molar-refractivity contribution in [2.75, 3.05) is 26.2 Å². The Bertz CT molecular complexity index is 214. The van der Waals surface area contributed by atoms with Gasteiger partial charge >= 0.3 is 0 Å². The zero-order valence-corrected chi connectivity index (χ0v) is 10.5. The third-order valence-electron chi connectivity index (χ3n) is 3.29. The first kappa shape index (κ1) is 13.5. The highest BCUT2D eigenvalue weighted by Crippen LogP contribution is 2.10. The van der Waals surface area contributed by atoms with E-state index in [4.69, 9.17) is 5.73 Å². The second-order valence-corrected chi connectivity index (χ2v) is 4.94. The van der Waals surface area contributed by atoms with Crippen LogP contribution in [0.4, 0.5) is 0 Å². The van der Waals surface area contributed by atoms with Gasteiger partial charge in [-0.2, -0.15) is 0 Å². The molecule has 4 nitrogen and oxygen atoms in total. The number of carbonyl (C=O) groups is 1. The number of hydrogen-bond donors (Lipinski definition) is 2. The largest absolute Gasteiger partial charge is 0.355 e. The van der Waals surface area contributed by atoms with E-state index in [9.17, 15) is 4.79 Å². The fourth-order valence-electron chi connectivity index (χ4n) is 2.04. The second kappa shape index (κ2) is 6.86. The summed E-state index contributed by atoms with van der Waals surface area (Å²) in [6, 6.07) is 0.458. The van der Waals surface area contributed by atoms with Gasteiger partial charge in [-0.15, -0.1) is 0 Å². The van der Waals surface area contributed by atoms with Gasteiger partial charge in [0.15, 0.2) is 0 Å². The van der Waals surface area contributed by atoms with Gasteiger partial charge in [0.1, 0.15) is 0 Å². The van der Waals surface area contributed by atoms with Crippen LogP contribution in [0.5, 0.6) is 0 Å². The van der Waals surface area contributed by atoms with Crippen LogP contribution in [-0.2, 0) is 4.79 Å². The van der Waals surface area contributed by atoms with E-state index >= 15 is 0 Å². The lowest BCUT2D eigenvalue weighted by atomic mass is 10.1. The lowest BCUT2D eigenvalue weighted by molar-refractivity contribution is -0.122. The van der Waals surface area contributed by atoms with Crippen molar-refractivity contribution in [2.45, 2.75) is 39.2 Å². The molecule has 1 fully saturated rings. The molecule has 2 atom stereocenters. The molecule has 1 amide bonds. The van der Waals surface area contributed by atoms with Crippen molar-refractivity contribution in [3.05, 3.63) is 0 Å². The van der Waals surface area contributed by atoms with Crippen LogP contribution >= 0.6 is 0 Å². The first-order valence-corrected chi connectivity index (χ1v) is 6.34. The molecule has 1 saturated heterocycles. The molecule has 0 spiro atoms. The minimum Gasteiger partial charge on any atom is -0.355 e. The molecular weight excluding hydrogens is 202 g/mol. The number of nitrogens with two attached hydrogens (primary N) is 1. The van der Waals surface area contributed by atoms with E-state index in [0.29, 0.717) is 19.0 Å². The van der Waals surface area contributed by atoms with E-state index in [-0.39, 0.29) is 11.8 Å². The van der Waals surface area contributed by atoms with Gasteiger partial charge in [0.25, 0.3) is 0 Å². The summed E-state index contributed by atoms with van der Waals surface area (Å²) in [6.07, 6.45) is 3.13. The predicted molar refractivity (Wildman–Crippen MR) is 66.1 cm³/mol. The molecule has 1 rings (SSSR count). The van der Waals surface area contributed by atoms with Crippen LogP contribution in [0.15, 0.2) is 0 Å². The van der Waals surface area contributed by atoms with Crippen LogP contribution in [0.25, 0.3) is 0 Å². The monoisotopic (exact) mass is 227 g/mol. The molecule has 4 heteroatoms. The average molecular weight is 227 g/mol. The van der Waals surface area contributed by atoms with Crippen molar-refractivity contribution in [1.29, 1.82) is 0 Å². The minimum atomic E-state index is 0.129. The maximum atomic E-state index is 11.5. The quantitative estimate of drug-likeness (QED) is 0.697. The second-order valence-electron chi connectivity index (χ2n) is 4.94. The van der Waals surface area contributed by atoms with Crippen molar-refractivity contribution in [2.24, 2.45) is 11.7 Å². The highest BCUT2D eigenvalue weighted by atomic mass is 16.1. The first-order valence-electron chi connectivity index (χ1n) is 6.34. The van der Waals surface area contributed by atoms with Gasteiger partial charge in [0, 0.05) is 19.0 Å². The fourth-order valence-corrected chi connectivity index (χ4v) is 2.04. The molecule has 94 valence electrons. The normalized spacial score (nSPS) is 20.7. The highest BCUT2D eigenvalue weighted by molar-refractivity contribution is 5.76. The number of amides is 1. The van der Waals surface area contributed by atoms with Gasteiger partial charge < -0.3 is 11.1 Å². The zero-order valence-electron chi connectivity index (χ0n) is 10.5. The van der Waals surface area contributed by atoms with Crippen LogP contribution < -0.4 is 11.1 Å². The molecule has 0 radical (unpaired) electrons. The Kier molecular flexibility index (Phi) is 5.77. The maximum Gasteiger partial charge on any atom is 0.220 e. The molecule has 2 unspecified atom stereocenters. The maximum absolute atomic E-state index is 11.5. The van der Waals surface area contributed by atoms with E-state index < -0.39 is 0 Å². The van der Waals surface area contributed by atoms with Gasteiger partial charge in [-0.1, -0.05) is 6.92 Å². The molecule has 1 heterocycles. The zero-order chi connectivity index (χ0) is 12.0. The summed E-state index contributed by atoms with van der Waals surface area (Å²) in [6.45, 7) is 7.87. The van der Waals surface area contributed by atoms with Crippen LogP contribution in [0.3, 0.4) is 0 Å². The Morgan fingerprint density at radius 3 is 2.56 bits per heavy atom. The standard InChI is InChI=1S/C12H25N3O/c1-10(8-13)7-12(16)14-9-11(2)15-5-3-4-6-15/h10-11H,3-9,13H2,1-2H3,(H,14,16). The SMILES string of the molecule is CC(CN)CC(=O)NCC(C)N1CCCC1. The molecule has 3 N–H and O–H groups in total. The van der Waals surface area contributed by atoms with Crippen LogP contribution in [0.2, 0.25) is 0 Å². The molecule has 0 aromatic heterocycles. The summed E-state index contributed by atoms with van der Waals surface area (Å²) in [5.74, 6) is 0.408. The number of carbonyl (C=O) groups excluding carboxylic acids is 1. The van der Waals surface area contributed by atoms with E-state index in [1.165, 1.54) is 25.9 Å². The molecule has 1 aliphatic rings. The molecule has 0 aliphatic carbocycles. The lowest BCUT2D eigenvalue weighted by Crippen LogP contribution is -2.41. The van der Waals surface area contributed by atoms with Crippen LogP contribution in [0.1, 0.15) is 33.1 Å². The van der Waals surface area contributed by atoms with Crippen molar-refractivity contribution in [3.63, 3.8) is 0 Å². The van der Waals surface area contributed by atoms with Gasteiger partial charge in [-0.05, 0) is 45.3 Å². The topological polar surface area (TPSA) is 58.4 Å². The minimum absolute atomic E-state index is 0.129. The molecule has 0 aromatic carbocycles. The summed E-state index contributed by atoms with van der Waals surface area (Å²) in [5, 5.41) is 2.99. The van der Waals surface area contributed by atoms with Gasteiger partial charge in [0.05, 0.1) is 0 Å². The van der Waals surface area contributed by atoms with E-state index in [1.54, 1.807) is 0 Å². The lowest BCUT2D eigenvalue weighted by Gasteiger charge is -2.24. The number of nitrogens with one attached hydrogen (secondary N) is 1. The van der Waals surface area contributed by atoms with Gasteiger partial charge in [0.2, 0.25) is 5.91 Å². The summed E-state index contributed by atoms with van der Waals surface area (Å²) in [5.41, 5.74) is 5.49. The molecule has 0 saturated carbocycles. The molecule has 0 aromatic rings. The molecule has 1 aliphatic heterocycles. The third-order valence-corrected chi connectivity index (χ3v) is 3.29. The number of rotatable bonds is 6. The average Bonchev–Trinajstić information content (AvgIpc) is 2.79. The van der Waals surface area contributed by atoms with Gasteiger partial charge in [-0.25, -0.2) is 0 Å². The predicted octanol–water partition coefficient (Wildman–Crippen LogP) is 0.572.